The highest BCUT2D eigenvalue weighted by molar-refractivity contribution is 5.81. The number of benzene rings is 1. The molecular weight excluding hydrogens is 240 g/mol. The lowest BCUT2D eigenvalue weighted by Gasteiger charge is -2.04. The fraction of sp³-hybridized carbons (Fsp3) is 0.200. The van der Waals surface area contributed by atoms with Crippen LogP contribution in [0.4, 0.5) is 5.69 Å². The Labute approximate surface area is 112 Å². The number of aryl methyl sites for hydroxylation is 1. The summed E-state index contributed by atoms with van der Waals surface area (Å²) in [4.78, 5) is 8.57. The van der Waals surface area contributed by atoms with Crippen molar-refractivity contribution < 1.29 is 9.84 Å². The number of aliphatic hydroxyl groups is 1. The lowest BCUT2D eigenvalue weighted by Crippen LogP contribution is -1.88. The normalized spacial score (nSPS) is 10.9. The van der Waals surface area contributed by atoms with Crippen molar-refractivity contribution in [2.24, 2.45) is 4.99 Å². The predicted molar refractivity (Wildman–Crippen MR) is 75.1 cm³/mol. The molecule has 19 heavy (non-hydrogen) atoms. The first kappa shape index (κ1) is 13.2. The van der Waals surface area contributed by atoms with Crippen LogP contribution in [-0.4, -0.2) is 23.4 Å². The van der Waals surface area contributed by atoms with Gasteiger partial charge < -0.3 is 9.84 Å². The molecule has 2 aromatic rings. The summed E-state index contributed by atoms with van der Waals surface area (Å²) in [5.41, 5.74) is 3.41. The minimum Gasteiger partial charge on any atom is -0.497 e. The van der Waals surface area contributed by atoms with Crippen molar-refractivity contribution in [2.75, 3.05) is 7.11 Å². The van der Waals surface area contributed by atoms with Gasteiger partial charge in [0.25, 0.3) is 0 Å². The number of aromatic nitrogens is 1. The van der Waals surface area contributed by atoms with Crippen LogP contribution in [0.25, 0.3) is 0 Å². The number of nitrogens with zero attached hydrogens (tertiary/aromatic N) is 2. The summed E-state index contributed by atoms with van der Waals surface area (Å²) in [6.45, 7) is 1.91. The van der Waals surface area contributed by atoms with Crippen molar-refractivity contribution in [1.82, 2.24) is 4.98 Å². The topological polar surface area (TPSA) is 54.7 Å². The second-order valence-corrected chi connectivity index (χ2v) is 4.19. The molecule has 0 aliphatic carbocycles. The highest BCUT2D eigenvalue weighted by Gasteiger charge is 1.99. The average Bonchev–Trinajstić information content (AvgIpc) is 2.46. The molecule has 0 unspecified atom stereocenters. The zero-order chi connectivity index (χ0) is 13.7. The van der Waals surface area contributed by atoms with Crippen molar-refractivity contribution in [2.45, 2.75) is 13.5 Å². The van der Waals surface area contributed by atoms with Crippen molar-refractivity contribution in [3.8, 4) is 5.75 Å². The molecule has 0 saturated heterocycles. The molecule has 1 N–H and O–H groups in total. The molecule has 1 aromatic heterocycles. The maximum absolute atomic E-state index is 9.18. The van der Waals surface area contributed by atoms with Crippen LogP contribution >= 0.6 is 0 Å². The second-order valence-electron chi connectivity index (χ2n) is 4.19. The van der Waals surface area contributed by atoms with Gasteiger partial charge in [-0.05, 0) is 30.7 Å². The highest BCUT2D eigenvalue weighted by Crippen LogP contribution is 2.23. The zero-order valence-corrected chi connectivity index (χ0v) is 11.0. The van der Waals surface area contributed by atoms with Crippen molar-refractivity contribution in [3.05, 3.63) is 53.3 Å². The first-order chi connectivity index (χ1) is 9.21. The summed E-state index contributed by atoms with van der Waals surface area (Å²) in [7, 11) is 1.59. The molecule has 0 saturated carbocycles. The third kappa shape index (κ3) is 3.63. The van der Waals surface area contributed by atoms with E-state index in [0.717, 1.165) is 22.5 Å². The third-order valence-electron chi connectivity index (χ3n) is 2.67. The number of pyridine rings is 1. The maximum Gasteiger partial charge on any atom is 0.121 e. The summed E-state index contributed by atoms with van der Waals surface area (Å²) < 4.78 is 5.17. The molecule has 0 bridgehead atoms. The predicted octanol–water partition coefficient (Wildman–Crippen LogP) is 2.64. The Morgan fingerprint density at radius 1 is 1.32 bits per heavy atom. The SMILES string of the molecule is COc1cc(CO)cc(/N=C/c2ccc(C)nc2)c1. The Balaban J connectivity index is 2.24. The van der Waals surface area contributed by atoms with Gasteiger partial charge in [0.15, 0.2) is 0 Å². The number of methoxy groups -OCH3 is 1. The molecule has 0 atom stereocenters. The molecular formula is C15H16N2O2. The zero-order valence-electron chi connectivity index (χ0n) is 11.0. The maximum atomic E-state index is 9.18. The molecule has 0 aliphatic rings. The van der Waals surface area contributed by atoms with Gasteiger partial charge in [-0.1, -0.05) is 6.07 Å². The van der Waals surface area contributed by atoms with Gasteiger partial charge in [-0.25, -0.2) is 0 Å². The van der Waals surface area contributed by atoms with E-state index >= 15 is 0 Å². The fourth-order valence-corrected chi connectivity index (χ4v) is 1.63. The van der Waals surface area contributed by atoms with Gasteiger partial charge >= 0.3 is 0 Å². The van der Waals surface area contributed by atoms with Gasteiger partial charge in [0.2, 0.25) is 0 Å². The van der Waals surface area contributed by atoms with Crippen molar-refractivity contribution >= 4 is 11.9 Å². The van der Waals surface area contributed by atoms with E-state index in [4.69, 9.17) is 4.74 Å². The number of aliphatic imine (C=N–C) groups is 1. The van der Waals surface area contributed by atoms with Crippen LogP contribution in [0.1, 0.15) is 16.8 Å². The van der Waals surface area contributed by atoms with E-state index in [0.29, 0.717) is 5.75 Å². The van der Waals surface area contributed by atoms with Crippen LogP contribution in [0.3, 0.4) is 0 Å². The van der Waals surface area contributed by atoms with Gasteiger partial charge in [-0.3, -0.25) is 9.98 Å². The van der Waals surface area contributed by atoms with Crippen LogP contribution in [0.2, 0.25) is 0 Å². The largest absolute Gasteiger partial charge is 0.497 e. The quantitative estimate of drug-likeness (QED) is 0.855. The summed E-state index contributed by atoms with van der Waals surface area (Å²) in [5.74, 6) is 0.681. The Kier molecular flexibility index (Phi) is 4.26. The number of aliphatic hydroxyl groups excluding tert-OH is 1. The first-order valence-electron chi connectivity index (χ1n) is 5.97. The van der Waals surface area contributed by atoms with Crippen LogP contribution in [-0.2, 0) is 6.61 Å². The van der Waals surface area contributed by atoms with E-state index in [1.807, 2.05) is 31.2 Å². The Morgan fingerprint density at radius 2 is 2.16 bits per heavy atom. The van der Waals surface area contributed by atoms with Gasteiger partial charge in [-0.15, -0.1) is 0 Å². The third-order valence-corrected chi connectivity index (χ3v) is 2.67. The summed E-state index contributed by atoms with van der Waals surface area (Å²) in [6, 6.07) is 9.31. The molecule has 4 nitrogen and oxygen atoms in total. The van der Waals surface area contributed by atoms with Gasteiger partial charge in [0, 0.05) is 29.7 Å². The van der Waals surface area contributed by atoms with Crippen LogP contribution < -0.4 is 4.74 Å². The lowest BCUT2D eigenvalue weighted by atomic mass is 10.2. The van der Waals surface area contributed by atoms with Crippen molar-refractivity contribution in [3.63, 3.8) is 0 Å². The van der Waals surface area contributed by atoms with Crippen molar-refractivity contribution in [1.29, 1.82) is 0 Å². The lowest BCUT2D eigenvalue weighted by molar-refractivity contribution is 0.281. The highest BCUT2D eigenvalue weighted by atomic mass is 16.5. The van der Waals surface area contributed by atoms with Crippen LogP contribution in [0.15, 0.2) is 41.5 Å². The molecule has 0 fully saturated rings. The summed E-state index contributed by atoms with van der Waals surface area (Å²) in [6.07, 6.45) is 3.51. The molecule has 0 spiro atoms. The average molecular weight is 256 g/mol. The van der Waals surface area contributed by atoms with E-state index in [1.54, 1.807) is 25.6 Å². The molecule has 0 amide bonds. The molecule has 1 heterocycles. The molecule has 1 aromatic carbocycles. The Morgan fingerprint density at radius 3 is 2.79 bits per heavy atom. The summed E-state index contributed by atoms with van der Waals surface area (Å²) in [5, 5.41) is 9.18. The summed E-state index contributed by atoms with van der Waals surface area (Å²) >= 11 is 0. The molecule has 0 radical (unpaired) electrons. The Hall–Kier alpha value is -2.20. The standard InChI is InChI=1S/C15H16N2O2/c1-11-3-4-12(8-16-11)9-17-14-5-13(10-18)6-15(7-14)19-2/h3-9,18H,10H2,1-2H3/b17-9+. The van der Waals surface area contributed by atoms with Crippen LogP contribution in [0.5, 0.6) is 5.75 Å². The van der Waals surface area contributed by atoms with E-state index in [9.17, 15) is 5.11 Å². The number of ether oxygens (including phenoxy) is 1. The first-order valence-corrected chi connectivity index (χ1v) is 5.97. The van der Waals surface area contributed by atoms with E-state index in [1.165, 1.54) is 0 Å². The number of rotatable bonds is 4. The smallest absolute Gasteiger partial charge is 0.121 e. The van der Waals surface area contributed by atoms with Gasteiger partial charge in [0.1, 0.15) is 5.75 Å². The monoisotopic (exact) mass is 256 g/mol. The van der Waals surface area contributed by atoms with Gasteiger partial charge in [0.05, 0.1) is 19.4 Å². The van der Waals surface area contributed by atoms with Gasteiger partial charge in [-0.2, -0.15) is 0 Å². The van der Waals surface area contributed by atoms with Crippen LogP contribution in [0, 0.1) is 6.92 Å². The molecule has 0 aliphatic heterocycles. The number of hydrogen-bond donors (Lipinski definition) is 1. The van der Waals surface area contributed by atoms with E-state index in [-0.39, 0.29) is 6.61 Å². The minimum atomic E-state index is -0.0359. The number of hydrogen-bond acceptors (Lipinski definition) is 4. The Bertz CT molecular complexity index is 555. The fourth-order valence-electron chi connectivity index (χ4n) is 1.63. The van der Waals surface area contributed by atoms with E-state index < -0.39 is 0 Å². The minimum absolute atomic E-state index is 0.0359. The second kappa shape index (κ2) is 6.11. The van der Waals surface area contributed by atoms with E-state index in [2.05, 4.69) is 9.98 Å². The molecule has 98 valence electrons. The molecule has 4 heteroatoms. The molecule has 2 rings (SSSR count).